The van der Waals surface area contributed by atoms with Gasteiger partial charge in [-0.15, -0.1) is 0 Å². The molecular formula is C18H17NO2. The zero-order chi connectivity index (χ0) is 14.7. The van der Waals surface area contributed by atoms with Gasteiger partial charge in [0.2, 0.25) is 0 Å². The van der Waals surface area contributed by atoms with Crippen LogP contribution in [-0.4, -0.2) is 11.0 Å². The second kappa shape index (κ2) is 5.83. The lowest BCUT2D eigenvalue weighted by Crippen LogP contribution is -2.25. The van der Waals surface area contributed by atoms with Gasteiger partial charge in [0.05, 0.1) is 0 Å². The van der Waals surface area contributed by atoms with Crippen LogP contribution in [0.4, 0.5) is 4.79 Å². The van der Waals surface area contributed by atoms with Crippen molar-refractivity contribution < 1.29 is 9.53 Å². The first-order valence-electron chi connectivity index (χ1n) is 6.96. The minimum atomic E-state index is -0.268. The fraction of sp³-hybridized carbons (Fsp3) is 0.167. The van der Waals surface area contributed by atoms with E-state index in [4.69, 9.17) is 4.74 Å². The summed E-state index contributed by atoms with van der Waals surface area (Å²) in [5.41, 5.74) is 4.42. The van der Waals surface area contributed by atoms with Crippen molar-refractivity contribution in [3.05, 3.63) is 77.4 Å². The van der Waals surface area contributed by atoms with Gasteiger partial charge in [-0.25, -0.2) is 4.79 Å². The molecule has 0 fully saturated rings. The monoisotopic (exact) mass is 279 g/mol. The maximum Gasteiger partial charge on any atom is 0.410 e. The van der Waals surface area contributed by atoms with Gasteiger partial charge in [-0.2, -0.15) is 0 Å². The van der Waals surface area contributed by atoms with Crippen molar-refractivity contribution in [2.45, 2.75) is 19.7 Å². The lowest BCUT2D eigenvalue weighted by atomic mass is 10.1. The largest absolute Gasteiger partial charge is 0.445 e. The molecule has 0 aliphatic carbocycles. The molecule has 0 atom stereocenters. The predicted octanol–water partition coefficient (Wildman–Crippen LogP) is 3.98. The van der Waals surface area contributed by atoms with Crippen LogP contribution in [-0.2, 0) is 24.4 Å². The van der Waals surface area contributed by atoms with Gasteiger partial charge >= 0.3 is 6.09 Å². The molecule has 0 radical (unpaired) electrons. The maximum atomic E-state index is 12.1. The smallest absolute Gasteiger partial charge is 0.410 e. The highest BCUT2D eigenvalue weighted by atomic mass is 16.6. The summed E-state index contributed by atoms with van der Waals surface area (Å²) in [7, 11) is 0. The first kappa shape index (κ1) is 13.4. The van der Waals surface area contributed by atoms with Gasteiger partial charge in [-0.1, -0.05) is 55.1 Å². The van der Waals surface area contributed by atoms with Crippen LogP contribution in [0, 0.1) is 0 Å². The van der Waals surface area contributed by atoms with Crippen LogP contribution < -0.4 is 0 Å². The second-order valence-corrected chi connectivity index (χ2v) is 5.13. The van der Waals surface area contributed by atoms with Crippen molar-refractivity contribution in [1.82, 2.24) is 4.90 Å². The van der Waals surface area contributed by atoms with Crippen molar-refractivity contribution in [1.29, 1.82) is 0 Å². The molecule has 3 heteroatoms. The summed E-state index contributed by atoms with van der Waals surface area (Å²) in [6, 6.07) is 15.9. The number of hydrogen-bond acceptors (Lipinski definition) is 2. The molecule has 1 aliphatic heterocycles. The summed E-state index contributed by atoms with van der Waals surface area (Å²) in [6.45, 7) is 5.29. The highest BCUT2D eigenvalue weighted by Gasteiger charge is 2.24. The van der Waals surface area contributed by atoms with E-state index in [0.29, 0.717) is 19.7 Å². The lowest BCUT2D eigenvalue weighted by Gasteiger charge is -2.15. The Bertz CT molecular complexity index is 664. The third-order valence-corrected chi connectivity index (χ3v) is 3.65. The highest BCUT2D eigenvalue weighted by Crippen LogP contribution is 2.25. The number of fused-ring (bicyclic) bond motifs is 1. The maximum absolute atomic E-state index is 12.1. The molecule has 3 nitrogen and oxygen atoms in total. The van der Waals surface area contributed by atoms with E-state index in [-0.39, 0.29) is 6.09 Å². The van der Waals surface area contributed by atoms with E-state index in [2.05, 4.69) is 18.7 Å². The van der Waals surface area contributed by atoms with Crippen LogP contribution in [0.2, 0.25) is 0 Å². The van der Waals surface area contributed by atoms with Gasteiger partial charge in [-0.3, -0.25) is 4.90 Å². The molecule has 0 aromatic heterocycles. The van der Waals surface area contributed by atoms with Gasteiger partial charge in [0.1, 0.15) is 6.61 Å². The summed E-state index contributed by atoms with van der Waals surface area (Å²) in [4.78, 5) is 13.8. The third kappa shape index (κ3) is 2.97. The quantitative estimate of drug-likeness (QED) is 0.850. The summed E-state index contributed by atoms with van der Waals surface area (Å²) in [5, 5.41) is 0. The first-order chi connectivity index (χ1) is 10.3. The molecule has 2 aromatic carbocycles. The van der Waals surface area contributed by atoms with Crippen LogP contribution in [0.1, 0.15) is 22.3 Å². The van der Waals surface area contributed by atoms with E-state index in [1.807, 2.05) is 42.5 Å². The molecular weight excluding hydrogens is 262 g/mol. The Morgan fingerprint density at radius 1 is 1.14 bits per heavy atom. The average molecular weight is 279 g/mol. The molecule has 0 saturated carbocycles. The van der Waals surface area contributed by atoms with Crippen molar-refractivity contribution in [3.8, 4) is 0 Å². The fourth-order valence-electron chi connectivity index (χ4n) is 2.48. The summed E-state index contributed by atoms with van der Waals surface area (Å²) in [5.74, 6) is 0. The van der Waals surface area contributed by atoms with Gasteiger partial charge in [0.15, 0.2) is 0 Å². The van der Waals surface area contributed by atoms with Gasteiger partial charge in [0.25, 0.3) is 0 Å². The first-order valence-corrected chi connectivity index (χ1v) is 6.96. The second-order valence-electron chi connectivity index (χ2n) is 5.13. The molecule has 1 amide bonds. The zero-order valence-corrected chi connectivity index (χ0v) is 11.8. The average Bonchev–Trinajstić information content (AvgIpc) is 2.96. The molecule has 1 aliphatic rings. The molecule has 0 bridgehead atoms. The molecule has 1 heterocycles. The van der Waals surface area contributed by atoms with Crippen LogP contribution in [0.25, 0.3) is 6.08 Å². The number of nitrogens with zero attached hydrogens (tertiary/aromatic N) is 1. The van der Waals surface area contributed by atoms with Crippen LogP contribution in [0.3, 0.4) is 0 Å². The molecule has 106 valence electrons. The molecule has 21 heavy (non-hydrogen) atoms. The number of hydrogen-bond donors (Lipinski definition) is 0. The van der Waals surface area contributed by atoms with Crippen LogP contribution >= 0.6 is 0 Å². The normalized spacial score (nSPS) is 12.9. The summed E-state index contributed by atoms with van der Waals surface area (Å²) >= 11 is 0. The standard InChI is InChI=1S/C18H17NO2/c1-2-14-8-9-16-11-19(12-17(16)10-14)18(20)21-13-15-6-4-3-5-7-15/h2-10H,1,11-13H2. The molecule has 3 rings (SSSR count). The fourth-order valence-corrected chi connectivity index (χ4v) is 2.48. The molecule has 2 aromatic rings. The van der Waals surface area contributed by atoms with Crippen molar-refractivity contribution >= 4 is 12.2 Å². The number of amides is 1. The van der Waals surface area contributed by atoms with Gasteiger partial charge in [0, 0.05) is 13.1 Å². The van der Waals surface area contributed by atoms with E-state index < -0.39 is 0 Å². The number of carbonyl (C=O) groups is 1. The van der Waals surface area contributed by atoms with Crippen molar-refractivity contribution in [2.75, 3.05) is 0 Å². The Labute approximate surface area is 124 Å². The topological polar surface area (TPSA) is 29.5 Å². The third-order valence-electron chi connectivity index (χ3n) is 3.65. The van der Waals surface area contributed by atoms with E-state index >= 15 is 0 Å². The minimum Gasteiger partial charge on any atom is -0.445 e. The SMILES string of the molecule is C=Cc1ccc2c(c1)CN(C(=O)OCc1ccccc1)C2. The minimum absolute atomic E-state index is 0.268. The van der Waals surface area contributed by atoms with E-state index in [1.165, 1.54) is 11.1 Å². The van der Waals surface area contributed by atoms with E-state index in [1.54, 1.807) is 4.90 Å². The Morgan fingerprint density at radius 2 is 1.90 bits per heavy atom. The van der Waals surface area contributed by atoms with Gasteiger partial charge in [-0.05, 0) is 28.3 Å². The lowest BCUT2D eigenvalue weighted by molar-refractivity contribution is 0.0955. The molecule has 0 spiro atoms. The zero-order valence-electron chi connectivity index (χ0n) is 11.8. The van der Waals surface area contributed by atoms with Gasteiger partial charge < -0.3 is 4.74 Å². The molecule has 0 unspecified atom stereocenters. The summed E-state index contributed by atoms with van der Waals surface area (Å²) < 4.78 is 5.37. The van der Waals surface area contributed by atoms with E-state index in [9.17, 15) is 4.79 Å². The van der Waals surface area contributed by atoms with Crippen molar-refractivity contribution in [2.24, 2.45) is 0 Å². The highest BCUT2D eigenvalue weighted by molar-refractivity contribution is 5.69. The van der Waals surface area contributed by atoms with Crippen molar-refractivity contribution in [3.63, 3.8) is 0 Å². The summed E-state index contributed by atoms with van der Waals surface area (Å²) in [6.07, 6.45) is 1.55. The number of rotatable bonds is 3. The van der Waals surface area contributed by atoms with Crippen LogP contribution in [0.15, 0.2) is 55.1 Å². The Balaban J connectivity index is 1.61. The van der Waals surface area contributed by atoms with Crippen LogP contribution in [0.5, 0.6) is 0 Å². The number of benzene rings is 2. The van der Waals surface area contributed by atoms with E-state index in [0.717, 1.165) is 11.1 Å². The Kier molecular flexibility index (Phi) is 3.73. The number of carbonyl (C=O) groups excluding carboxylic acids is 1. The number of ether oxygens (including phenoxy) is 1. The predicted molar refractivity (Wildman–Crippen MR) is 82.4 cm³/mol. The Morgan fingerprint density at radius 3 is 2.67 bits per heavy atom. The molecule has 0 saturated heterocycles. The Hall–Kier alpha value is -2.55. The molecule has 0 N–H and O–H groups in total.